The number of cyclic esters (lactones) is 2. The topological polar surface area (TPSA) is 101 Å². The molecule has 22 heavy (non-hydrogen) atoms. The van der Waals surface area contributed by atoms with Gasteiger partial charge in [-0.1, -0.05) is 58.3 Å². The highest BCUT2D eigenvalue weighted by molar-refractivity contribution is 6.04. The smallest absolute Gasteiger partial charge is 0.338 e. The second kappa shape index (κ2) is 13.0. The van der Waals surface area contributed by atoms with E-state index in [1.807, 2.05) is 0 Å². The van der Waals surface area contributed by atoms with Gasteiger partial charge in [0.1, 0.15) is 0 Å². The maximum absolute atomic E-state index is 10.3. The van der Waals surface area contributed by atoms with Gasteiger partial charge in [-0.05, 0) is 6.42 Å². The fourth-order valence-electron chi connectivity index (χ4n) is 1.90. The minimum Gasteiger partial charge on any atom is -0.479 e. The van der Waals surface area contributed by atoms with Crippen molar-refractivity contribution in [3.8, 4) is 0 Å². The molecule has 0 aromatic rings. The van der Waals surface area contributed by atoms with Crippen LogP contribution in [0.2, 0.25) is 0 Å². The van der Waals surface area contributed by atoms with E-state index in [1.54, 1.807) is 0 Å². The number of rotatable bonds is 10. The van der Waals surface area contributed by atoms with Crippen molar-refractivity contribution in [1.82, 2.24) is 0 Å². The summed E-state index contributed by atoms with van der Waals surface area (Å²) in [5, 5.41) is 17.4. The third-order valence-electron chi connectivity index (χ3n) is 3.17. The van der Waals surface area contributed by atoms with Gasteiger partial charge in [-0.3, -0.25) is 0 Å². The van der Waals surface area contributed by atoms with Crippen molar-refractivity contribution in [3.63, 3.8) is 0 Å². The molecule has 6 heteroatoms. The van der Waals surface area contributed by atoms with Gasteiger partial charge in [-0.25, -0.2) is 14.4 Å². The summed E-state index contributed by atoms with van der Waals surface area (Å²) in [6.07, 6.45) is 10.8. The number of aliphatic hydroxyl groups excluding tert-OH is 1. The maximum atomic E-state index is 10.3. The lowest BCUT2D eigenvalue weighted by atomic mass is 10.1. The lowest BCUT2D eigenvalue weighted by Gasteiger charge is -2.04. The van der Waals surface area contributed by atoms with E-state index in [-0.39, 0.29) is 0 Å². The Morgan fingerprint density at radius 3 is 1.82 bits per heavy atom. The van der Waals surface area contributed by atoms with Crippen molar-refractivity contribution < 1.29 is 29.3 Å². The summed E-state index contributed by atoms with van der Waals surface area (Å²) in [7, 11) is 0. The molecule has 0 radical (unpaired) electrons. The van der Waals surface area contributed by atoms with Crippen LogP contribution < -0.4 is 0 Å². The van der Waals surface area contributed by atoms with Gasteiger partial charge in [-0.15, -0.1) is 0 Å². The number of aliphatic hydroxyl groups is 1. The first-order valence-corrected chi connectivity index (χ1v) is 7.82. The van der Waals surface area contributed by atoms with Gasteiger partial charge in [-0.2, -0.15) is 0 Å². The predicted octanol–water partition coefficient (Wildman–Crippen LogP) is 2.59. The molecule has 1 aliphatic heterocycles. The Labute approximate surface area is 131 Å². The second-order valence-electron chi connectivity index (χ2n) is 5.19. The number of unbranched alkanes of at least 4 members (excludes halogenated alkanes) is 7. The van der Waals surface area contributed by atoms with Crippen LogP contribution in [0.25, 0.3) is 0 Å². The summed E-state index contributed by atoms with van der Waals surface area (Å²) in [6.45, 7) is 2.20. The van der Waals surface area contributed by atoms with Crippen LogP contribution >= 0.6 is 0 Å². The largest absolute Gasteiger partial charge is 0.479 e. The number of ether oxygens (including phenoxy) is 1. The van der Waals surface area contributed by atoms with E-state index < -0.39 is 24.0 Å². The van der Waals surface area contributed by atoms with Crippen LogP contribution in [-0.4, -0.2) is 34.2 Å². The minimum atomic E-state index is -1.16. The van der Waals surface area contributed by atoms with Crippen LogP contribution in [0.3, 0.4) is 0 Å². The fourth-order valence-corrected chi connectivity index (χ4v) is 1.90. The van der Waals surface area contributed by atoms with Crippen molar-refractivity contribution in [3.05, 3.63) is 12.2 Å². The number of carboxylic acids is 1. The first-order valence-electron chi connectivity index (χ1n) is 7.82. The Hall–Kier alpha value is -1.69. The first-order chi connectivity index (χ1) is 10.5. The molecule has 0 spiro atoms. The van der Waals surface area contributed by atoms with Crippen LogP contribution in [0.1, 0.15) is 64.7 Å². The summed E-state index contributed by atoms with van der Waals surface area (Å²) >= 11 is 0. The highest BCUT2D eigenvalue weighted by Gasteiger charge is 2.11. The molecule has 0 aromatic heterocycles. The summed E-state index contributed by atoms with van der Waals surface area (Å²) in [4.78, 5) is 30.1. The zero-order chi connectivity index (χ0) is 16.8. The molecule has 0 aliphatic carbocycles. The molecule has 1 atom stereocenters. The lowest BCUT2D eigenvalue weighted by molar-refractivity contribution is -0.150. The molecule has 0 fully saturated rings. The Bertz CT molecular complexity index is 359. The molecule has 0 amide bonds. The second-order valence-corrected chi connectivity index (χ2v) is 5.19. The average molecular weight is 314 g/mol. The average Bonchev–Trinajstić information content (AvgIpc) is 2.85. The van der Waals surface area contributed by atoms with Crippen LogP contribution in [-0.2, 0) is 19.1 Å². The predicted molar refractivity (Wildman–Crippen MR) is 81.1 cm³/mol. The number of aliphatic carboxylic acids is 1. The van der Waals surface area contributed by atoms with Crippen LogP contribution in [0.15, 0.2) is 12.2 Å². The van der Waals surface area contributed by atoms with Crippen LogP contribution in [0.5, 0.6) is 0 Å². The van der Waals surface area contributed by atoms with E-state index in [1.165, 1.54) is 32.1 Å². The summed E-state index contributed by atoms with van der Waals surface area (Å²) in [5.41, 5.74) is 0. The Balaban J connectivity index is 0.000000518. The molecule has 0 saturated carbocycles. The number of carbonyl (C=O) groups is 3. The lowest BCUT2D eigenvalue weighted by Crippen LogP contribution is -2.18. The number of hydrogen-bond donors (Lipinski definition) is 2. The van der Waals surface area contributed by atoms with E-state index in [4.69, 9.17) is 10.2 Å². The molecule has 1 aliphatic rings. The van der Waals surface area contributed by atoms with Gasteiger partial charge in [0.25, 0.3) is 0 Å². The van der Waals surface area contributed by atoms with Crippen molar-refractivity contribution >= 4 is 17.9 Å². The summed E-state index contributed by atoms with van der Waals surface area (Å²) < 4.78 is 3.97. The standard InChI is InChI=1S/C12H24O3.C4H2O3/c1-2-3-4-5-6-7-8-9-10-11(13)12(14)15;5-3-1-2-4(6)7-3/h11,13H,2-10H2,1H3,(H,14,15);1-2H. The molecule has 0 aromatic carbocycles. The van der Waals surface area contributed by atoms with Crippen molar-refractivity contribution in [1.29, 1.82) is 0 Å². The van der Waals surface area contributed by atoms with E-state index in [9.17, 15) is 14.4 Å². The molecule has 6 nitrogen and oxygen atoms in total. The fraction of sp³-hybridized carbons (Fsp3) is 0.688. The summed E-state index contributed by atoms with van der Waals surface area (Å²) in [6, 6.07) is 0. The molecule has 1 unspecified atom stereocenters. The summed E-state index contributed by atoms with van der Waals surface area (Å²) in [5.74, 6) is -2.26. The van der Waals surface area contributed by atoms with Gasteiger partial charge in [0, 0.05) is 12.2 Å². The van der Waals surface area contributed by atoms with Gasteiger partial charge < -0.3 is 14.9 Å². The molecule has 0 bridgehead atoms. The van der Waals surface area contributed by atoms with E-state index in [2.05, 4.69) is 11.7 Å². The van der Waals surface area contributed by atoms with E-state index in [0.29, 0.717) is 6.42 Å². The first kappa shape index (κ1) is 20.3. The quantitative estimate of drug-likeness (QED) is 0.365. The Kier molecular flexibility index (Phi) is 12.0. The number of esters is 2. The molecule has 0 saturated heterocycles. The van der Waals surface area contributed by atoms with Gasteiger partial charge in [0.05, 0.1) is 0 Å². The number of carboxylic acid groups (broad SMARTS) is 1. The van der Waals surface area contributed by atoms with Crippen LogP contribution in [0.4, 0.5) is 0 Å². The third-order valence-corrected chi connectivity index (χ3v) is 3.17. The highest BCUT2D eigenvalue weighted by Crippen LogP contribution is 2.10. The molecule has 126 valence electrons. The zero-order valence-electron chi connectivity index (χ0n) is 13.1. The normalized spacial score (nSPS) is 14.3. The van der Waals surface area contributed by atoms with Crippen LogP contribution in [0, 0.1) is 0 Å². The van der Waals surface area contributed by atoms with Crippen molar-refractivity contribution in [2.45, 2.75) is 70.8 Å². The SMILES string of the molecule is CCCCCCCCCCC(O)C(=O)O.O=C1C=CC(=O)O1. The molecule has 2 N–H and O–H groups in total. The van der Waals surface area contributed by atoms with E-state index >= 15 is 0 Å². The number of hydrogen-bond acceptors (Lipinski definition) is 5. The highest BCUT2D eigenvalue weighted by atomic mass is 16.6. The third kappa shape index (κ3) is 12.1. The van der Waals surface area contributed by atoms with Gasteiger partial charge >= 0.3 is 17.9 Å². The number of carbonyl (C=O) groups excluding carboxylic acids is 2. The van der Waals surface area contributed by atoms with E-state index in [0.717, 1.165) is 31.4 Å². The minimum absolute atomic E-state index is 0.393. The monoisotopic (exact) mass is 314 g/mol. The maximum Gasteiger partial charge on any atom is 0.338 e. The zero-order valence-corrected chi connectivity index (χ0v) is 13.1. The van der Waals surface area contributed by atoms with Gasteiger partial charge in [0.2, 0.25) is 0 Å². The molecule has 1 heterocycles. The Morgan fingerprint density at radius 1 is 1.00 bits per heavy atom. The molecular weight excluding hydrogens is 288 g/mol. The van der Waals surface area contributed by atoms with Gasteiger partial charge in [0.15, 0.2) is 6.10 Å². The molecule has 1 rings (SSSR count). The Morgan fingerprint density at radius 2 is 1.45 bits per heavy atom. The molecular formula is C16H26O6. The van der Waals surface area contributed by atoms with Crippen molar-refractivity contribution in [2.75, 3.05) is 0 Å². The van der Waals surface area contributed by atoms with Crippen molar-refractivity contribution in [2.24, 2.45) is 0 Å².